The van der Waals surface area contributed by atoms with E-state index in [2.05, 4.69) is 10.3 Å². The summed E-state index contributed by atoms with van der Waals surface area (Å²) in [5, 5.41) is 2.89. The van der Waals surface area contributed by atoms with Crippen LogP contribution in [0, 0.1) is 0 Å². The number of pyridine rings is 1. The molecule has 0 spiro atoms. The minimum Gasteiger partial charge on any atom is -0.452 e. The third kappa shape index (κ3) is 5.18. The van der Waals surface area contributed by atoms with E-state index in [0.717, 1.165) is 12.0 Å². The van der Waals surface area contributed by atoms with Gasteiger partial charge in [-0.1, -0.05) is 41.9 Å². The number of halogens is 1. The van der Waals surface area contributed by atoms with Crippen LogP contribution in [0.15, 0.2) is 48.7 Å². The number of nitrogens with zero attached hydrogens (tertiary/aromatic N) is 1. The van der Waals surface area contributed by atoms with Crippen LogP contribution >= 0.6 is 11.6 Å². The van der Waals surface area contributed by atoms with Gasteiger partial charge in [-0.2, -0.15) is 0 Å². The second kappa shape index (κ2) is 8.14. The highest BCUT2D eigenvalue weighted by atomic mass is 35.5. The molecule has 0 unspecified atom stereocenters. The van der Waals surface area contributed by atoms with E-state index in [1.165, 1.54) is 18.3 Å². The van der Waals surface area contributed by atoms with E-state index in [1.807, 2.05) is 30.3 Å². The molecule has 1 amide bonds. The van der Waals surface area contributed by atoms with E-state index in [-0.39, 0.29) is 23.2 Å². The highest BCUT2D eigenvalue weighted by molar-refractivity contribution is 6.29. The van der Waals surface area contributed by atoms with Crippen molar-refractivity contribution < 1.29 is 14.3 Å². The number of aromatic nitrogens is 1. The van der Waals surface area contributed by atoms with Gasteiger partial charge in [-0.3, -0.25) is 4.79 Å². The number of esters is 1. The molecule has 0 bridgehead atoms. The van der Waals surface area contributed by atoms with Gasteiger partial charge in [0.2, 0.25) is 0 Å². The molecule has 1 N–H and O–H groups in total. The smallest absolute Gasteiger partial charge is 0.338 e. The molecule has 2 aromatic rings. The van der Waals surface area contributed by atoms with Gasteiger partial charge in [0, 0.05) is 12.7 Å². The average molecular weight is 319 g/mol. The van der Waals surface area contributed by atoms with Crippen LogP contribution in [0.25, 0.3) is 0 Å². The molecule has 0 aliphatic carbocycles. The maximum absolute atomic E-state index is 11.7. The Labute approximate surface area is 133 Å². The molecule has 5 nitrogen and oxygen atoms in total. The van der Waals surface area contributed by atoms with E-state index >= 15 is 0 Å². The van der Waals surface area contributed by atoms with Crippen molar-refractivity contribution >= 4 is 23.5 Å². The van der Waals surface area contributed by atoms with Crippen molar-refractivity contribution in [2.45, 2.75) is 6.42 Å². The summed E-state index contributed by atoms with van der Waals surface area (Å²) in [4.78, 5) is 27.1. The van der Waals surface area contributed by atoms with Crippen LogP contribution in [0.1, 0.15) is 15.9 Å². The molecule has 0 saturated heterocycles. The van der Waals surface area contributed by atoms with Crippen LogP contribution in [-0.2, 0) is 16.0 Å². The Morgan fingerprint density at radius 1 is 1.18 bits per heavy atom. The summed E-state index contributed by atoms with van der Waals surface area (Å²) in [5.74, 6) is -0.952. The Balaban J connectivity index is 1.70. The Morgan fingerprint density at radius 2 is 1.95 bits per heavy atom. The molecule has 2 rings (SSSR count). The van der Waals surface area contributed by atoms with E-state index in [1.54, 1.807) is 0 Å². The van der Waals surface area contributed by atoms with Crippen molar-refractivity contribution in [3.63, 3.8) is 0 Å². The predicted molar refractivity (Wildman–Crippen MR) is 82.7 cm³/mol. The maximum Gasteiger partial charge on any atom is 0.338 e. The second-order valence-electron chi connectivity index (χ2n) is 4.53. The monoisotopic (exact) mass is 318 g/mol. The van der Waals surface area contributed by atoms with E-state index in [0.29, 0.717) is 6.54 Å². The van der Waals surface area contributed by atoms with E-state index in [9.17, 15) is 9.59 Å². The van der Waals surface area contributed by atoms with Gasteiger partial charge < -0.3 is 10.1 Å². The maximum atomic E-state index is 11.7. The first-order chi connectivity index (χ1) is 10.6. The Bertz CT molecular complexity index is 647. The Kier molecular flexibility index (Phi) is 5.91. The molecule has 0 radical (unpaired) electrons. The molecule has 1 heterocycles. The largest absolute Gasteiger partial charge is 0.452 e. The van der Waals surface area contributed by atoms with Crippen molar-refractivity contribution in [1.29, 1.82) is 0 Å². The lowest BCUT2D eigenvalue weighted by atomic mass is 10.1. The van der Waals surface area contributed by atoms with Gasteiger partial charge in [-0.05, 0) is 24.1 Å². The summed E-state index contributed by atoms with van der Waals surface area (Å²) >= 11 is 5.68. The molecule has 6 heteroatoms. The number of hydrogen-bond acceptors (Lipinski definition) is 4. The minimum atomic E-state index is -0.609. The molecular formula is C16H15ClN2O3. The van der Waals surface area contributed by atoms with Crippen molar-refractivity contribution in [2.24, 2.45) is 0 Å². The fraction of sp³-hybridized carbons (Fsp3) is 0.188. The number of hydrogen-bond donors (Lipinski definition) is 1. The minimum absolute atomic E-state index is 0.196. The van der Waals surface area contributed by atoms with Gasteiger partial charge in [0.15, 0.2) is 6.61 Å². The number of carbonyl (C=O) groups excluding carboxylic acids is 2. The molecule has 0 saturated carbocycles. The third-order valence-corrected chi connectivity index (χ3v) is 3.08. The van der Waals surface area contributed by atoms with Gasteiger partial charge in [0.05, 0.1) is 5.56 Å². The quantitative estimate of drug-likeness (QED) is 0.655. The fourth-order valence-corrected chi connectivity index (χ4v) is 1.96. The summed E-state index contributed by atoms with van der Waals surface area (Å²) in [7, 11) is 0. The van der Waals surface area contributed by atoms with Gasteiger partial charge >= 0.3 is 5.97 Å². The topological polar surface area (TPSA) is 68.3 Å². The van der Waals surface area contributed by atoms with Crippen molar-refractivity contribution in [2.75, 3.05) is 13.2 Å². The lowest BCUT2D eigenvalue weighted by Crippen LogP contribution is -2.30. The van der Waals surface area contributed by atoms with Crippen LogP contribution in [-0.4, -0.2) is 30.0 Å². The number of carbonyl (C=O) groups is 2. The molecule has 0 fully saturated rings. The number of nitrogens with one attached hydrogen (secondary N) is 1. The normalized spacial score (nSPS) is 10.0. The van der Waals surface area contributed by atoms with Gasteiger partial charge in [0.25, 0.3) is 5.91 Å². The van der Waals surface area contributed by atoms with Crippen molar-refractivity contribution in [3.05, 3.63) is 64.9 Å². The molecule has 0 atom stereocenters. The van der Waals surface area contributed by atoms with Crippen LogP contribution in [0.4, 0.5) is 0 Å². The Hall–Kier alpha value is -2.40. The lowest BCUT2D eigenvalue weighted by Gasteiger charge is -2.07. The summed E-state index contributed by atoms with van der Waals surface area (Å²) in [6, 6.07) is 12.7. The fourth-order valence-electron chi connectivity index (χ4n) is 1.79. The van der Waals surface area contributed by atoms with Crippen molar-refractivity contribution in [1.82, 2.24) is 10.3 Å². The summed E-state index contributed by atoms with van der Waals surface area (Å²) in [6.45, 7) is 0.162. The number of benzene rings is 1. The van der Waals surface area contributed by atoms with Gasteiger partial charge in [-0.25, -0.2) is 9.78 Å². The van der Waals surface area contributed by atoms with Crippen LogP contribution in [0.3, 0.4) is 0 Å². The zero-order chi connectivity index (χ0) is 15.8. The zero-order valence-electron chi connectivity index (χ0n) is 11.8. The number of ether oxygens (including phenoxy) is 1. The third-order valence-electron chi connectivity index (χ3n) is 2.88. The van der Waals surface area contributed by atoms with Gasteiger partial charge in [-0.15, -0.1) is 0 Å². The molecule has 1 aromatic carbocycles. The van der Waals surface area contributed by atoms with Crippen LogP contribution in [0.5, 0.6) is 0 Å². The summed E-state index contributed by atoms with van der Waals surface area (Å²) in [5.41, 5.74) is 1.39. The highest BCUT2D eigenvalue weighted by Gasteiger charge is 2.10. The number of amides is 1. The van der Waals surface area contributed by atoms with Crippen LogP contribution < -0.4 is 5.32 Å². The first kappa shape index (κ1) is 16.0. The Morgan fingerprint density at radius 3 is 2.68 bits per heavy atom. The molecule has 114 valence electrons. The molecule has 1 aromatic heterocycles. The first-order valence-corrected chi connectivity index (χ1v) is 7.12. The standard InChI is InChI=1S/C16H15ClN2O3/c17-14-10-13(7-9-18-14)16(21)22-11-15(20)19-8-6-12-4-2-1-3-5-12/h1-5,7,9-10H,6,8,11H2,(H,19,20). The van der Waals surface area contributed by atoms with E-state index in [4.69, 9.17) is 16.3 Å². The van der Waals surface area contributed by atoms with Crippen molar-refractivity contribution in [3.8, 4) is 0 Å². The molecule has 0 aliphatic heterocycles. The summed E-state index contributed by atoms with van der Waals surface area (Å²) in [6.07, 6.45) is 2.12. The average Bonchev–Trinajstić information content (AvgIpc) is 2.53. The van der Waals surface area contributed by atoms with Gasteiger partial charge in [0.1, 0.15) is 5.15 Å². The zero-order valence-corrected chi connectivity index (χ0v) is 12.5. The summed E-state index contributed by atoms with van der Waals surface area (Å²) < 4.78 is 4.91. The predicted octanol–water partition coefficient (Wildman–Crippen LogP) is 2.25. The number of rotatable bonds is 6. The van der Waals surface area contributed by atoms with Crippen LogP contribution in [0.2, 0.25) is 5.15 Å². The lowest BCUT2D eigenvalue weighted by molar-refractivity contribution is -0.124. The highest BCUT2D eigenvalue weighted by Crippen LogP contribution is 2.08. The SMILES string of the molecule is O=C(COC(=O)c1ccnc(Cl)c1)NCCc1ccccc1. The second-order valence-corrected chi connectivity index (χ2v) is 4.92. The molecule has 0 aliphatic rings. The first-order valence-electron chi connectivity index (χ1n) is 6.74. The van der Waals surface area contributed by atoms with E-state index < -0.39 is 5.97 Å². The molecular weight excluding hydrogens is 304 g/mol. The molecule has 22 heavy (non-hydrogen) atoms.